The Morgan fingerprint density at radius 2 is 1.78 bits per heavy atom. The average molecular weight is 261 g/mol. The van der Waals surface area contributed by atoms with Gasteiger partial charge in [0.25, 0.3) is 0 Å². The Morgan fingerprint density at radius 3 is 2.28 bits per heavy atom. The molecule has 94 valence electrons. The van der Waals surface area contributed by atoms with Crippen LogP contribution in [0.15, 0.2) is 30.3 Å². The fourth-order valence-corrected chi connectivity index (χ4v) is 2.72. The van der Waals surface area contributed by atoms with E-state index in [1.54, 1.807) is 6.07 Å². The lowest BCUT2D eigenvalue weighted by Gasteiger charge is -2.18. The van der Waals surface area contributed by atoms with E-state index in [1.165, 1.54) is 22.5 Å². The quantitative estimate of drug-likeness (QED) is 0.912. The summed E-state index contributed by atoms with van der Waals surface area (Å²) in [5.74, 6) is -0.875. The molecule has 3 nitrogen and oxygen atoms in total. The van der Waals surface area contributed by atoms with Gasteiger partial charge in [0.15, 0.2) is 0 Å². The first-order valence-electron chi connectivity index (χ1n) is 5.62. The minimum atomic E-state index is -0.875. The minimum Gasteiger partial charge on any atom is -0.477 e. The molecule has 0 saturated heterocycles. The summed E-state index contributed by atoms with van der Waals surface area (Å²) in [5.41, 5.74) is 3.48. The first kappa shape index (κ1) is 12.6. The van der Waals surface area contributed by atoms with E-state index in [0.717, 1.165) is 10.7 Å². The molecule has 0 aliphatic rings. The summed E-state index contributed by atoms with van der Waals surface area (Å²) in [7, 11) is 1.95. The fraction of sp³-hybridized carbons (Fsp3) is 0.214. The second-order valence-electron chi connectivity index (χ2n) is 4.35. The number of aromatic carboxylic acids is 1. The van der Waals surface area contributed by atoms with Crippen molar-refractivity contribution in [2.75, 3.05) is 11.9 Å². The van der Waals surface area contributed by atoms with Gasteiger partial charge in [-0.25, -0.2) is 4.79 Å². The SMILES string of the molecule is Cc1cc(C)cc(N(C)c2ccc(C(=O)O)s2)c1. The molecule has 0 amide bonds. The Hall–Kier alpha value is -1.81. The first-order chi connectivity index (χ1) is 8.47. The first-order valence-corrected chi connectivity index (χ1v) is 6.44. The van der Waals surface area contributed by atoms with Crippen LogP contribution in [0.3, 0.4) is 0 Å². The van der Waals surface area contributed by atoms with Crippen molar-refractivity contribution in [2.24, 2.45) is 0 Å². The zero-order valence-electron chi connectivity index (χ0n) is 10.6. The highest BCUT2D eigenvalue weighted by Crippen LogP contribution is 2.31. The summed E-state index contributed by atoms with van der Waals surface area (Å²) in [5, 5.41) is 9.86. The normalized spacial score (nSPS) is 10.4. The number of benzene rings is 1. The number of aryl methyl sites for hydroxylation is 2. The molecular formula is C14H15NO2S. The van der Waals surface area contributed by atoms with Crippen LogP contribution in [0, 0.1) is 13.8 Å². The van der Waals surface area contributed by atoms with Crippen molar-refractivity contribution in [3.8, 4) is 0 Å². The van der Waals surface area contributed by atoms with Crippen molar-refractivity contribution in [3.05, 3.63) is 46.3 Å². The van der Waals surface area contributed by atoms with Gasteiger partial charge >= 0.3 is 5.97 Å². The van der Waals surface area contributed by atoms with Gasteiger partial charge in [-0.15, -0.1) is 11.3 Å². The highest BCUT2D eigenvalue weighted by Gasteiger charge is 2.11. The molecule has 18 heavy (non-hydrogen) atoms. The number of rotatable bonds is 3. The molecule has 1 heterocycles. The van der Waals surface area contributed by atoms with Gasteiger partial charge in [0, 0.05) is 12.7 Å². The third-order valence-corrected chi connectivity index (χ3v) is 3.88. The van der Waals surface area contributed by atoms with Crippen LogP contribution in [0.2, 0.25) is 0 Å². The Labute approximate surface area is 110 Å². The highest BCUT2D eigenvalue weighted by atomic mass is 32.1. The van der Waals surface area contributed by atoms with E-state index in [1.807, 2.05) is 18.0 Å². The van der Waals surface area contributed by atoms with E-state index in [4.69, 9.17) is 5.11 Å². The molecule has 0 aliphatic carbocycles. The van der Waals surface area contributed by atoms with E-state index in [0.29, 0.717) is 4.88 Å². The second-order valence-corrected chi connectivity index (χ2v) is 5.41. The molecule has 0 aliphatic heterocycles. The molecule has 1 aromatic carbocycles. The molecule has 0 bridgehead atoms. The molecule has 1 aromatic heterocycles. The van der Waals surface area contributed by atoms with Gasteiger partial charge in [-0.3, -0.25) is 0 Å². The summed E-state index contributed by atoms with van der Waals surface area (Å²) in [4.78, 5) is 13.2. The molecular weight excluding hydrogens is 246 g/mol. The molecule has 0 unspecified atom stereocenters. The number of thiophene rings is 1. The van der Waals surface area contributed by atoms with Crippen LogP contribution in [-0.2, 0) is 0 Å². The van der Waals surface area contributed by atoms with E-state index < -0.39 is 5.97 Å². The standard InChI is InChI=1S/C14H15NO2S/c1-9-6-10(2)8-11(7-9)15(3)13-5-4-12(18-13)14(16)17/h4-8H,1-3H3,(H,16,17). The summed E-state index contributed by atoms with van der Waals surface area (Å²) in [6.45, 7) is 4.11. The summed E-state index contributed by atoms with van der Waals surface area (Å²) in [6, 6.07) is 9.78. The van der Waals surface area contributed by atoms with Crippen LogP contribution in [-0.4, -0.2) is 18.1 Å². The van der Waals surface area contributed by atoms with E-state index in [9.17, 15) is 4.79 Å². The molecule has 2 rings (SSSR count). The van der Waals surface area contributed by atoms with Crippen LogP contribution < -0.4 is 4.90 Å². The van der Waals surface area contributed by atoms with E-state index in [-0.39, 0.29) is 0 Å². The third-order valence-electron chi connectivity index (χ3n) is 2.73. The number of carbonyl (C=O) groups is 1. The van der Waals surface area contributed by atoms with Gasteiger partial charge in [0.1, 0.15) is 4.88 Å². The number of hydrogen-bond donors (Lipinski definition) is 1. The van der Waals surface area contributed by atoms with Crippen LogP contribution in [0.4, 0.5) is 10.7 Å². The lowest BCUT2D eigenvalue weighted by molar-refractivity contribution is 0.0702. The van der Waals surface area contributed by atoms with E-state index >= 15 is 0 Å². The largest absolute Gasteiger partial charge is 0.477 e. The molecule has 4 heteroatoms. The zero-order chi connectivity index (χ0) is 13.3. The zero-order valence-corrected chi connectivity index (χ0v) is 11.4. The fourth-order valence-electron chi connectivity index (χ4n) is 1.89. The van der Waals surface area contributed by atoms with Crippen LogP contribution in [0.1, 0.15) is 20.8 Å². The number of nitrogens with zero attached hydrogens (tertiary/aromatic N) is 1. The summed E-state index contributed by atoms with van der Waals surface area (Å²) >= 11 is 1.28. The summed E-state index contributed by atoms with van der Waals surface area (Å²) < 4.78 is 0. The lowest BCUT2D eigenvalue weighted by atomic mass is 10.1. The molecule has 0 saturated carbocycles. The maximum atomic E-state index is 10.9. The summed E-state index contributed by atoms with van der Waals surface area (Å²) in [6.07, 6.45) is 0. The maximum Gasteiger partial charge on any atom is 0.345 e. The van der Waals surface area contributed by atoms with Gasteiger partial charge in [0.2, 0.25) is 0 Å². The highest BCUT2D eigenvalue weighted by molar-refractivity contribution is 7.17. The number of anilines is 2. The van der Waals surface area contributed by atoms with Crippen LogP contribution in [0.5, 0.6) is 0 Å². The minimum absolute atomic E-state index is 0.362. The van der Waals surface area contributed by atoms with Gasteiger partial charge < -0.3 is 10.0 Å². The van der Waals surface area contributed by atoms with Crippen molar-refractivity contribution in [1.29, 1.82) is 0 Å². The maximum absolute atomic E-state index is 10.9. The molecule has 2 aromatic rings. The number of carboxylic acid groups (broad SMARTS) is 1. The van der Waals surface area contributed by atoms with Crippen molar-refractivity contribution < 1.29 is 9.90 Å². The van der Waals surface area contributed by atoms with Crippen molar-refractivity contribution in [1.82, 2.24) is 0 Å². The van der Waals surface area contributed by atoms with Gasteiger partial charge in [0.05, 0.1) is 5.00 Å². The number of hydrogen-bond acceptors (Lipinski definition) is 3. The van der Waals surface area contributed by atoms with Crippen molar-refractivity contribution >= 4 is 28.0 Å². The number of carboxylic acids is 1. The average Bonchev–Trinajstić information content (AvgIpc) is 2.75. The molecule has 0 radical (unpaired) electrons. The topological polar surface area (TPSA) is 40.5 Å². The Morgan fingerprint density at radius 1 is 1.17 bits per heavy atom. The second kappa shape index (κ2) is 4.82. The van der Waals surface area contributed by atoms with Gasteiger partial charge in [-0.1, -0.05) is 6.07 Å². The predicted molar refractivity (Wildman–Crippen MR) is 75.3 cm³/mol. The predicted octanol–water partition coefficient (Wildman–Crippen LogP) is 3.83. The Balaban J connectivity index is 2.34. The molecule has 0 atom stereocenters. The van der Waals surface area contributed by atoms with Gasteiger partial charge in [-0.05, 0) is 49.2 Å². The smallest absolute Gasteiger partial charge is 0.345 e. The van der Waals surface area contributed by atoms with Crippen molar-refractivity contribution in [3.63, 3.8) is 0 Å². The lowest BCUT2D eigenvalue weighted by Crippen LogP contribution is -2.08. The Kier molecular flexibility index (Phi) is 3.39. The molecule has 0 fully saturated rings. The van der Waals surface area contributed by atoms with Crippen LogP contribution in [0.25, 0.3) is 0 Å². The van der Waals surface area contributed by atoms with Crippen molar-refractivity contribution in [2.45, 2.75) is 13.8 Å². The molecule has 1 N–H and O–H groups in total. The monoisotopic (exact) mass is 261 g/mol. The molecule has 0 spiro atoms. The Bertz CT molecular complexity index is 569. The third kappa shape index (κ3) is 2.54. The van der Waals surface area contributed by atoms with E-state index in [2.05, 4.69) is 32.0 Å². The van der Waals surface area contributed by atoms with Crippen LogP contribution >= 0.6 is 11.3 Å². The van der Waals surface area contributed by atoms with Gasteiger partial charge in [-0.2, -0.15) is 0 Å².